The van der Waals surface area contributed by atoms with Gasteiger partial charge in [-0.2, -0.15) is 13.9 Å². The molecule has 1 unspecified atom stereocenters. The van der Waals surface area contributed by atoms with Crippen LogP contribution in [0.2, 0.25) is 0 Å². The van der Waals surface area contributed by atoms with E-state index in [0.717, 1.165) is 10.6 Å². The Kier molecular flexibility index (Phi) is 7.66. The van der Waals surface area contributed by atoms with E-state index in [0.29, 0.717) is 24.7 Å². The van der Waals surface area contributed by atoms with Gasteiger partial charge in [0.15, 0.2) is 10.8 Å². The largest absolute Gasteiger partial charge is 0.378 e. The summed E-state index contributed by atoms with van der Waals surface area (Å²) in [6, 6.07) is 4.98. The Balaban J connectivity index is 1.40. The predicted molar refractivity (Wildman–Crippen MR) is 129 cm³/mol. The van der Waals surface area contributed by atoms with E-state index in [-0.39, 0.29) is 49.4 Å². The second-order valence-corrected chi connectivity index (χ2v) is 12.2. The smallest absolute Gasteiger partial charge is 0.262 e. The quantitative estimate of drug-likeness (QED) is 0.440. The number of carbonyl (C=O) groups is 1. The van der Waals surface area contributed by atoms with E-state index in [4.69, 9.17) is 10.00 Å². The van der Waals surface area contributed by atoms with Crippen LogP contribution in [0.1, 0.15) is 11.4 Å². The molecule has 2 fully saturated rings. The first-order valence-corrected chi connectivity index (χ1v) is 14.5. The van der Waals surface area contributed by atoms with Crippen molar-refractivity contribution < 1.29 is 26.4 Å². The molecular weight excluding hydrogens is 526 g/mol. The highest BCUT2D eigenvalue weighted by molar-refractivity contribution is 7.89. The number of nitrogens with one attached hydrogen (secondary N) is 1. The van der Waals surface area contributed by atoms with Crippen LogP contribution in [0.4, 0.5) is 11.8 Å². The van der Waals surface area contributed by atoms with Crippen LogP contribution in [0.3, 0.4) is 0 Å². The molecule has 17 heteroatoms. The number of nitrogens with zero attached hydrogens (tertiary/aromatic N) is 8. The summed E-state index contributed by atoms with van der Waals surface area (Å²) in [6.45, 7) is 2.78. The van der Waals surface area contributed by atoms with Crippen molar-refractivity contribution in [2.75, 3.05) is 62.4 Å². The third-order valence-corrected chi connectivity index (χ3v) is 8.86. The standard InChI is InChI=1S/C20H25N9O6S2/c1-14-11-15(12-21)23-20(22-14)27-5-7-28(8-6-27)37(33,34)18-4-3-17(25-26-18)24-19(30)16-13-35-10-9-29(16)36(2,31)32/h3-4,11,16H,5-10,13H2,1-2H3,(H,24,25,30). The minimum atomic E-state index is -3.96. The SMILES string of the molecule is Cc1cc(C#N)nc(N2CCN(S(=O)(=O)c3ccc(NC(=O)C4COCCN4S(C)(=O)=O)nn3)CC2)n1. The normalized spacial score (nSPS) is 19.8. The van der Waals surface area contributed by atoms with Gasteiger partial charge in [0.05, 0.1) is 19.5 Å². The van der Waals surface area contributed by atoms with Crippen molar-refractivity contribution in [1.82, 2.24) is 28.8 Å². The van der Waals surface area contributed by atoms with Crippen molar-refractivity contribution in [3.05, 3.63) is 29.6 Å². The van der Waals surface area contributed by atoms with E-state index in [9.17, 15) is 21.6 Å². The molecule has 1 amide bonds. The van der Waals surface area contributed by atoms with Crippen molar-refractivity contribution in [1.29, 1.82) is 5.26 Å². The highest BCUT2D eigenvalue weighted by atomic mass is 32.2. The number of aryl methyl sites for hydroxylation is 1. The summed E-state index contributed by atoms with van der Waals surface area (Å²) >= 11 is 0. The van der Waals surface area contributed by atoms with Crippen LogP contribution in [0.25, 0.3) is 0 Å². The van der Waals surface area contributed by atoms with Gasteiger partial charge in [0.1, 0.15) is 17.8 Å². The Bertz CT molecular complexity index is 1420. The van der Waals surface area contributed by atoms with Gasteiger partial charge < -0.3 is 15.0 Å². The number of amides is 1. The van der Waals surface area contributed by atoms with Crippen LogP contribution < -0.4 is 10.2 Å². The minimum absolute atomic E-state index is 0.0299. The molecule has 1 N–H and O–H groups in total. The number of carbonyl (C=O) groups excluding carboxylic acids is 1. The molecule has 0 saturated carbocycles. The molecule has 4 heterocycles. The number of anilines is 2. The summed E-state index contributed by atoms with van der Waals surface area (Å²) < 4.78 is 57.6. The van der Waals surface area contributed by atoms with E-state index < -0.39 is 32.0 Å². The number of hydrogen-bond donors (Lipinski definition) is 1. The summed E-state index contributed by atoms with van der Waals surface area (Å²) in [6.07, 6.45) is 1.01. The van der Waals surface area contributed by atoms with Crippen LogP contribution in [0, 0.1) is 18.3 Å². The Morgan fingerprint density at radius 2 is 1.84 bits per heavy atom. The number of morpholine rings is 1. The van der Waals surface area contributed by atoms with Gasteiger partial charge in [0, 0.05) is 38.4 Å². The van der Waals surface area contributed by atoms with Gasteiger partial charge >= 0.3 is 0 Å². The van der Waals surface area contributed by atoms with Crippen molar-refractivity contribution >= 4 is 37.7 Å². The molecule has 0 bridgehead atoms. The maximum absolute atomic E-state index is 13.1. The second-order valence-electron chi connectivity index (χ2n) is 8.41. The summed E-state index contributed by atoms with van der Waals surface area (Å²) in [5.41, 5.74) is 0.874. The number of hydrogen-bond acceptors (Lipinski definition) is 12. The Morgan fingerprint density at radius 1 is 1.11 bits per heavy atom. The lowest BCUT2D eigenvalue weighted by Crippen LogP contribution is -2.53. The first-order valence-electron chi connectivity index (χ1n) is 11.2. The van der Waals surface area contributed by atoms with Gasteiger partial charge in [-0.25, -0.2) is 26.8 Å². The van der Waals surface area contributed by atoms with Gasteiger partial charge in [0.2, 0.25) is 21.9 Å². The number of ether oxygens (including phenoxy) is 1. The molecule has 2 aliphatic rings. The van der Waals surface area contributed by atoms with Crippen molar-refractivity contribution in [2.24, 2.45) is 0 Å². The zero-order valence-corrected chi connectivity index (χ0v) is 21.7. The van der Waals surface area contributed by atoms with E-state index in [2.05, 4.69) is 25.5 Å². The first kappa shape index (κ1) is 26.8. The Hall–Kier alpha value is -3.30. The van der Waals surface area contributed by atoms with Crippen LogP contribution >= 0.6 is 0 Å². The molecule has 0 radical (unpaired) electrons. The number of rotatable bonds is 6. The number of piperazine rings is 1. The third kappa shape index (κ3) is 5.99. The molecule has 2 saturated heterocycles. The van der Waals surface area contributed by atoms with Crippen LogP contribution in [-0.4, -0.2) is 110 Å². The molecule has 198 valence electrons. The summed E-state index contributed by atoms with van der Waals surface area (Å²) in [7, 11) is -7.60. The van der Waals surface area contributed by atoms with Crippen molar-refractivity contribution in [2.45, 2.75) is 18.0 Å². The fraction of sp³-hybridized carbons (Fsp3) is 0.500. The van der Waals surface area contributed by atoms with E-state index >= 15 is 0 Å². The van der Waals surface area contributed by atoms with Gasteiger partial charge in [-0.1, -0.05) is 0 Å². The molecule has 2 aliphatic heterocycles. The monoisotopic (exact) mass is 551 g/mol. The maximum Gasteiger partial charge on any atom is 0.262 e. The van der Waals surface area contributed by atoms with Gasteiger partial charge in [-0.3, -0.25) is 4.79 Å². The van der Waals surface area contributed by atoms with Gasteiger partial charge in [-0.05, 0) is 25.1 Å². The molecule has 0 aliphatic carbocycles. The zero-order valence-electron chi connectivity index (χ0n) is 20.1. The Morgan fingerprint density at radius 3 is 2.46 bits per heavy atom. The fourth-order valence-electron chi connectivity index (χ4n) is 3.94. The molecule has 1 atom stereocenters. The topological polar surface area (TPSA) is 192 Å². The van der Waals surface area contributed by atoms with Crippen LogP contribution in [0.15, 0.2) is 23.2 Å². The van der Waals surface area contributed by atoms with Crippen LogP contribution in [-0.2, 0) is 29.6 Å². The van der Waals surface area contributed by atoms with Gasteiger partial charge in [0.25, 0.3) is 10.0 Å². The average Bonchev–Trinajstić information content (AvgIpc) is 2.88. The lowest BCUT2D eigenvalue weighted by atomic mass is 10.2. The minimum Gasteiger partial charge on any atom is -0.378 e. The lowest BCUT2D eigenvalue weighted by Gasteiger charge is -2.33. The van der Waals surface area contributed by atoms with E-state index in [1.807, 2.05) is 6.07 Å². The highest BCUT2D eigenvalue weighted by Crippen LogP contribution is 2.19. The molecular formula is C20H25N9O6S2. The predicted octanol–water partition coefficient (Wildman–Crippen LogP) is -1.44. The summed E-state index contributed by atoms with van der Waals surface area (Å²) in [5, 5.41) is 18.9. The number of aromatic nitrogens is 4. The third-order valence-electron chi connectivity index (χ3n) is 5.78. The maximum atomic E-state index is 13.1. The molecule has 37 heavy (non-hydrogen) atoms. The van der Waals surface area contributed by atoms with Gasteiger partial charge in [-0.15, -0.1) is 10.2 Å². The summed E-state index contributed by atoms with van der Waals surface area (Å²) in [5.74, 6) is -0.326. The fourth-order valence-corrected chi connectivity index (χ4v) is 6.26. The zero-order chi connectivity index (χ0) is 26.8. The van der Waals surface area contributed by atoms with E-state index in [1.165, 1.54) is 16.4 Å². The second kappa shape index (κ2) is 10.6. The van der Waals surface area contributed by atoms with Crippen LogP contribution in [0.5, 0.6) is 0 Å². The number of nitriles is 1. The molecule has 0 spiro atoms. The lowest BCUT2D eigenvalue weighted by molar-refractivity contribution is -0.123. The van der Waals surface area contributed by atoms with Crippen molar-refractivity contribution in [3.63, 3.8) is 0 Å². The number of sulfonamides is 2. The summed E-state index contributed by atoms with van der Waals surface area (Å²) in [4.78, 5) is 23.0. The average molecular weight is 552 g/mol. The molecule has 4 rings (SSSR count). The highest BCUT2D eigenvalue weighted by Gasteiger charge is 2.36. The molecule has 2 aromatic heterocycles. The Labute approximate surface area is 214 Å². The van der Waals surface area contributed by atoms with E-state index in [1.54, 1.807) is 17.9 Å². The first-order chi connectivity index (χ1) is 17.5. The van der Waals surface area contributed by atoms with Crippen molar-refractivity contribution in [3.8, 4) is 6.07 Å². The molecule has 0 aromatic carbocycles. The molecule has 15 nitrogen and oxygen atoms in total. The molecule has 2 aromatic rings.